The number of aromatic nitrogens is 1. The number of nitrogen functional groups attached to an aromatic ring is 1. The van der Waals surface area contributed by atoms with Crippen LogP contribution in [0.5, 0.6) is 0 Å². The van der Waals surface area contributed by atoms with Crippen LogP contribution in [-0.4, -0.2) is 10.5 Å². The topological polar surface area (TPSA) is 60.1 Å². The van der Waals surface area contributed by atoms with E-state index in [1.54, 1.807) is 0 Å². The van der Waals surface area contributed by atoms with Crippen LogP contribution < -0.4 is 11.1 Å². The molecule has 0 aliphatic rings. The van der Waals surface area contributed by atoms with Gasteiger partial charge in [0, 0.05) is 30.5 Å². The van der Waals surface area contributed by atoms with Crippen molar-refractivity contribution in [2.24, 2.45) is 7.05 Å². The fraction of sp³-hybridized carbons (Fsp3) is 0.353. The molecule has 0 fully saturated rings. The van der Waals surface area contributed by atoms with Crippen molar-refractivity contribution < 1.29 is 4.79 Å². The van der Waals surface area contributed by atoms with E-state index in [2.05, 4.69) is 29.8 Å². The molecule has 1 atom stereocenters. The number of hydrogen-bond acceptors (Lipinski definition) is 2. The summed E-state index contributed by atoms with van der Waals surface area (Å²) in [4.78, 5) is 12.0. The van der Waals surface area contributed by atoms with Gasteiger partial charge in [0.2, 0.25) is 5.91 Å². The number of carbonyl (C=O) groups excluding carboxylic acids is 1. The maximum atomic E-state index is 12.0. The number of nitrogens with one attached hydrogen (secondary N) is 1. The molecule has 0 spiro atoms. The minimum absolute atomic E-state index is 0.0678. The van der Waals surface area contributed by atoms with Crippen LogP contribution in [0.15, 0.2) is 36.4 Å². The Bertz CT molecular complexity index is 613. The van der Waals surface area contributed by atoms with Crippen LogP contribution in [0.25, 0.3) is 0 Å². The molecule has 4 nitrogen and oxygen atoms in total. The van der Waals surface area contributed by atoms with Gasteiger partial charge in [0.05, 0.1) is 6.54 Å². The lowest BCUT2D eigenvalue weighted by atomic mass is 9.97. The maximum absolute atomic E-state index is 12.0. The number of nitrogens with two attached hydrogens (primary N) is 1. The number of hydrogen-bond donors (Lipinski definition) is 2. The van der Waals surface area contributed by atoms with Crippen LogP contribution in [0.1, 0.15) is 36.2 Å². The molecule has 1 unspecified atom stereocenters. The number of carbonyl (C=O) groups is 1. The number of nitrogens with zero attached hydrogens (tertiary/aromatic N) is 1. The van der Waals surface area contributed by atoms with Crippen LogP contribution >= 0.6 is 0 Å². The average Bonchev–Trinajstić information content (AvgIpc) is 2.77. The maximum Gasteiger partial charge on any atom is 0.220 e. The Kier molecular flexibility index (Phi) is 4.68. The molecule has 112 valence electrons. The molecule has 0 saturated heterocycles. The van der Waals surface area contributed by atoms with E-state index in [0.29, 0.717) is 13.0 Å². The summed E-state index contributed by atoms with van der Waals surface area (Å²) in [7, 11) is 2.01. The van der Waals surface area contributed by atoms with E-state index in [4.69, 9.17) is 5.73 Å². The second-order valence-corrected chi connectivity index (χ2v) is 5.57. The van der Waals surface area contributed by atoms with Gasteiger partial charge in [0.25, 0.3) is 0 Å². The third kappa shape index (κ3) is 3.88. The zero-order valence-corrected chi connectivity index (χ0v) is 12.9. The molecular weight excluding hydrogens is 262 g/mol. The summed E-state index contributed by atoms with van der Waals surface area (Å²) >= 11 is 0. The third-order valence-electron chi connectivity index (χ3n) is 3.94. The summed E-state index contributed by atoms with van der Waals surface area (Å²) < 4.78 is 2.09. The smallest absolute Gasteiger partial charge is 0.220 e. The van der Waals surface area contributed by atoms with E-state index in [0.717, 1.165) is 16.9 Å². The molecule has 1 aromatic heterocycles. The molecule has 1 aromatic carbocycles. The SMILES string of the molecule is Cc1ccc(CNC(=O)CC(C)c2ccc(N)cc2)n1C. The fourth-order valence-electron chi connectivity index (χ4n) is 2.33. The van der Waals surface area contributed by atoms with E-state index >= 15 is 0 Å². The molecule has 0 saturated carbocycles. The van der Waals surface area contributed by atoms with Crippen molar-refractivity contribution in [2.75, 3.05) is 5.73 Å². The minimum Gasteiger partial charge on any atom is -0.399 e. The van der Waals surface area contributed by atoms with Gasteiger partial charge in [-0.1, -0.05) is 19.1 Å². The lowest BCUT2D eigenvalue weighted by molar-refractivity contribution is -0.121. The first-order valence-corrected chi connectivity index (χ1v) is 7.20. The van der Waals surface area contributed by atoms with E-state index < -0.39 is 0 Å². The second kappa shape index (κ2) is 6.48. The van der Waals surface area contributed by atoms with Crippen molar-refractivity contribution in [2.45, 2.75) is 32.7 Å². The minimum atomic E-state index is 0.0678. The molecule has 1 amide bonds. The summed E-state index contributed by atoms with van der Waals surface area (Å²) in [5, 5.41) is 2.98. The first-order chi connectivity index (χ1) is 9.97. The van der Waals surface area contributed by atoms with Gasteiger partial charge >= 0.3 is 0 Å². The summed E-state index contributed by atoms with van der Waals surface area (Å²) in [6.07, 6.45) is 0.479. The van der Waals surface area contributed by atoms with Gasteiger partial charge in [-0.15, -0.1) is 0 Å². The van der Waals surface area contributed by atoms with Crippen LogP contribution in [0.3, 0.4) is 0 Å². The molecule has 0 aliphatic carbocycles. The van der Waals surface area contributed by atoms with Crippen molar-refractivity contribution in [1.82, 2.24) is 9.88 Å². The molecule has 2 rings (SSSR count). The van der Waals surface area contributed by atoms with Crippen molar-refractivity contribution in [3.05, 3.63) is 53.3 Å². The fourth-order valence-corrected chi connectivity index (χ4v) is 2.33. The highest BCUT2D eigenvalue weighted by Crippen LogP contribution is 2.20. The highest BCUT2D eigenvalue weighted by atomic mass is 16.1. The summed E-state index contributed by atoms with van der Waals surface area (Å²) in [6, 6.07) is 11.8. The highest BCUT2D eigenvalue weighted by molar-refractivity contribution is 5.76. The van der Waals surface area contributed by atoms with Crippen molar-refractivity contribution >= 4 is 11.6 Å². The van der Waals surface area contributed by atoms with Crippen molar-refractivity contribution in [1.29, 1.82) is 0 Å². The Balaban J connectivity index is 1.87. The van der Waals surface area contributed by atoms with Gasteiger partial charge < -0.3 is 15.6 Å². The number of anilines is 1. The molecule has 0 aliphatic heterocycles. The predicted molar refractivity (Wildman–Crippen MR) is 85.9 cm³/mol. The Hall–Kier alpha value is -2.23. The summed E-state index contributed by atoms with van der Waals surface area (Å²) in [5.41, 5.74) is 9.85. The van der Waals surface area contributed by atoms with Gasteiger partial charge in [-0.05, 0) is 42.7 Å². The Morgan fingerprint density at radius 3 is 2.48 bits per heavy atom. The number of benzene rings is 1. The van der Waals surface area contributed by atoms with Gasteiger partial charge in [0.1, 0.15) is 0 Å². The highest BCUT2D eigenvalue weighted by Gasteiger charge is 2.11. The van der Waals surface area contributed by atoms with Gasteiger partial charge in [-0.2, -0.15) is 0 Å². The Morgan fingerprint density at radius 1 is 1.24 bits per heavy atom. The zero-order valence-electron chi connectivity index (χ0n) is 12.9. The Labute approximate surface area is 126 Å². The lowest BCUT2D eigenvalue weighted by Gasteiger charge is -2.13. The second-order valence-electron chi connectivity index (χ2n) is 5.57. The van der Waals surface area contributed by atoms with Crippen LogP contribution in [-0.2, 0) is 18.4 Å². The van der Waals surface area contributed by atoms with Gasteiger partial charge in [0.15, 0.2) is 0 Å². The quantitative estimate of drug-likeness (QED) is 0.830. The van der Waals surface area contributed by atoms with Crippen LogP contribution in [0.4, 0.5) is 5.69 Å². The van der Waals surface area contributed by atoms with E-state index in [1.165, 1.54) is 5.69 Å². The standard InChI is InChI=1S/C17H23N3O/c1-12(14-5-7-15(18)8-6-14)10-17(21)19-11-16-9-4-13(2)20(16)3/h4-9,12H,10-11,18H2,1-3H3,(H,19,21). The molecule has 2 aromatic rings. The molecule has 4 heteroatoms. The van der Waals surface area contributed by atoms with E-state index in [1.807, 2.05) is 37.4 Å². The third-order valence-corrected chi connectivity index (χ3v) is 3.94. The summed E-state index contributed by atoms with van der Waals surface area (Å²) in [5.74, 6) is 0.249. The largest absolute Gasteiger partial charge is 0.399 e. The molecule has 0 radical (unpaired) electrons. The monoisotopic (exact) mass is 285 g/mol. The molecule has 3 N–H and O–H groups in total. The molecular formula is C17H23N3O. The summed E-state index contributed by atoms with van der Waals surface area (Å²) in [6.45, 7) is 4.67. The molecule has 0 bridgehead atoms. The Morgan fingerprint density at radius 2 is 1.90 bits per heavy atom. The average molecular weight is 285 g/mol. The first kappa shape index (κ1) is 15.2. The molecule has 21 heavy (non-hydrogen) atoms. The number of aryl methyl sites for hydroxylation is 1. The van der Waals surface area contributed by atoms with Gasteiger partial charge in [-0.3, -0.25) is 4.79 Å². The van der Waals surface area contributed by atoms with Crippen molar-refractivity contribution in [3.8, 4) is 0 Å². The van der Waals surface area contributed by atoms with Gasteiger partial charge in [-0.25, -0.2) is 0 Å². The zero-order chi connectivity index (χ0) is 15.4. The van der Waals surface area contributed by atoms with Crippen molar-refractivity contribution in [3.63, 3.8) is 0 Å². The van der Waals surface area contributed by atoms with Crippen LogP contribution in [0.2, 0.25) is 0 Å². The number of rotatable bonds is 5. The lowest BCUT2D eigenvalue weighted by Crippen LogP contribution is -2.25. The van der Waals surface area contributed by atoms with E-state index in [9.17, 15) is 4.79 Å². The first-order valence-electron chi connectivity index (χ1n) is 7.20. The number of amides is 1. The predicted octanol–water partition coefficient (Wildman–Crippen LogP) is 2.73. The van der Waals surface area contributed by atoms with Crippen LogP contribution in [0, 0.1) is 6.92 Å². The van der Waals surface area contributed by atoms with E-state index in [-0.39, 0.29) is 11.8 Å². The normalized spacial score (nSPS) is 12.1. The molecule has 1 heterocycles.